The highest BCUT2D eigenvalue weighted by molar-refractivity contribution is 7.16. The average Bonchev–Trinajstić information content (AvgIpc) is 3.15. The molecule has 0 atom stereocenters. The van der Waals surface area contributed by atoms with Gasteiger partial charge in [-0.3, -0.25) is 4.79 Å². The highest BCUT2D eigenvalue weighted by Gasteiger charge is 2.13. The van der Waals surface area contributed by atoms with E-state index in [2.05, 4.69) is 23.3 Å². The first kappa shape index (κ1) is 20.0. The van der Waals surface area contributed by atoms with E-state index in [1.165, 1.54) is 11.3 Å². The van der Waals surface area contributed by atoms with E-state index in [0.717, 1.165) is 29.5 Å². The summed E-state index contributed by atoms with van der Waals surface area (Å²) in [5.74, 6) is -0.573. The van der Waals surface area contributed by atoms with Crippen LogP contribution in [0.25, 0.3) is 10.2 Å². The highest BCUT2D eigenvalue weighted by atomic mass is 32.1. The van der Waals surface area contributed by atoms with Crippen molar-refractivity contribution in [2.24, 2.45) is 0 Å². The van der Waals surface area contributed by atoms with E-state index in [9.17, 15) is 9.18 Å². The van der Waals surface area contributed by atoms with E-state index in [-0.39, 0.29) is 18.1 Å². The number of fused-ring (bicyclic) bond motifs is 1. The zero-order chi connectivity index (χ0) is 19.8. The maximum atomic E-state index is 14.6. The molecule has 4 nitrogen and oxygen atoms in total. The van der Waals surface area contributed by atoms with Gasteiger partial charge in [0.05, 0.1) is 28.8 Å². The van der Waals surface area contributed by atoms with Crippen molar-refractivity contribution in [1.82, 2.24) is 4.98 Å². The molecule has 1 aromatic heterocycles. The Morgan fingerprint density at radius 3 is 2.96 bits per heavy atom. The Hall–Kier alpha value is -2.73. The fraction of sp³-hybridized carbons (Fsp3) is 0.273. The number of halogens is 1. The SMILES string of the molecule is CCCC=CCCOc1cccc(CC(=O)Nc2ccc3ncsc3c2)c1F. The third kappa shape index (κ3) is 5.39. The fourth-order valence-corrected chi connectivity index (χ4v) is 3.47. The normalized spacial score (nSPS) is 11.2. The number of anilines is 1. The summed E-state index contributed by atoms with van der Waals surface area (Å²) in [5, 5.41) is 2.81. The van der Waals surface area contributed by atoms with Crippen LogP contribution in [0.1, 0.15) is 31.7 Å². The van der Waals surface area contributed by atoms with Gasteiger partial charge in [0.25, 0.3) is 0 Å². The summed E-state index contributed by atoms with van der Waals surface area (Å²) in [4.78, 5) is 16.6. The first-order valence-corrected chi connectivity index (χ1v) is 10.2. The van der Waals surface area contributed by atoms with E-state index >= 15 is 0 Å². The first-order chi connectivity index (χ1) is 13.7. The van der Waals surface area contributed by atoms with Gasteiger partial charge in [0.2, 0.25) is 5.91 Å². The second-order valence-corrected chi connectivity index (χ2v) is 7.27. The minimum absolute atomic E-state index is 0.0554. The molecule has 1 heterocycles. The molecule has 3 aromatic rings. The number of allylic oxidation sites excluding steroid dienone is 1. The van der Waals surface area contributed by atoms with Crippen LogP contribution in [0, 0.1) is 5.82 Å². The van der Waals surface area contributed by atoms with Crippen molar-refractivity contribution < 1.29 is 13.9 Å². The van der Waals surface area contributed by atoms with Crippen molar-refractivity contribution >= 4 is 33.1 Å². The Balaban J connectivity index is 1.57. The largest absolute Gasteiger partial charge is 0.490 e. The van der Waals surface area contributed by atoms with Crippen molar-refractivity contribution in [1.29, 1.82) is 0 Å². The number of hydrogen-bond donors (Lipinski definition) is 1. The zero-order valence-corrected chi connectivity index (χ0v) is 16.6. The summed E-state index contributed by atoms with van der Waals surface area (Å²) in [6, 6.07) is 10.4. The van der Waals surface area contributed by atoms with Gasteiger partial charge < -0.3 is 10.1 Å². The maximum absolute atomic E-state index is 14.6. The molecule has 28 heavy (non-hydrogen) atoms. The van der Waals surface area contributed by atoms with Crippen molar-refractivity contribution in [2.45, 2.75) is 32.6 Å². The fourth-order valence-electron chi connectivity index (χ4n) is 2.75. The zero-order valence-electron chi connectivity index (χ0n) is 15.8. The van der Waals surface area contributed by atoms with Gasteiger partial charge in [0.1, 0.15) is 0 Å². The lowest BCUT2D eigenvalue weighted by Crippen LogP contribution is -2.15. The molecule has 0 bridgehead atoms. The van der Waals surface area contributed by atoms with Gasteiger partial charge in [0, 0.05) is 11.3 Å². The number of hydrogen-bond acceptors (Lipinski definition) is 4. The quantitative estimate of drug-likeness (QED) is 0.369. The average molecular weight is 399 g/mol. The second-order valence-electron chi connectivity index (χ2n) is 6.39. The van der Waals surface area contributed by atoms with Crippen LogP contribution in [0.3, 0.4) is 0 Å². The first-order valence-electron chi connectivity index (χ1n) is 9.35. The molecular weight excluding hydrogens is 375 g/mol. The predicted octanol–water partition coefficient (Wildman–Crippen LogP) is 5.74. The summed E-state index contributed by atoms with van der Waals surface area (Å²) in [6.07, 6.45) is 6.95. The molecule has 0 spiro atoms. The van der Waals surface area contributed by atoms with Crippen LogP contribution in [-0.4, -0.2) is 17.5 Å². The van der Waals surface area contributed by atoms with E-state index < -0.39 is 5.82 Å². The lowest BCUT2D eigenvalue weighted by Gasteiger charge is -2.10. The van der Waals surface area contributed by atoms with Crippen molar-refractivity contribution in [3.05, 3.63) is 65.4 Å². The number of carbonyl (C=O) groups excluding carboxylic acids is 1. The molecular formula is C22H23FN2O2S. The number of amides is 1. The second kappa shape index (κ2) is 9.99. The van der Waals surface area contributed by atoms with Gasteiger partial charge >= 0.3 is 0 Å². The Morgan fingerprint density at radius 2 is 2.11 bits per heavy atom. The van der Waals surface area contributed by atoms with Crippen molar-refractivity contribution in [2.75, 3.05) is 11.9 Å². The molecule has 0 saturated heterocycles. The number of ether oxygens (including phenoxy) is 1. The van der Waals surface area contributed by atoms with Crippen LogP contribution < -0.4 is 10.1 Å². The van der Waals surface area contributed by atoms with Crippen LogP contribution in [0.4, 0.5) is 10.1 Å². The number of aromatic nitrogens is 1. The standard InChI is InChI=1S/C22H23FN2O2S/c1-2-3-4-5-6-12-27-19-9-7-8-16(22(19)23)13-21(26)25-17-10-11-18-20(14-17)28-15-24-18/h4-5,7-11,14-15H,2-3,6,12-13H2,1H3,(H,25,26). The Kier molecular flexibility index (Phi) is 7.14. The van der Waals surface area contributed by atoms with Crippen LogP contribution in [0.2, 0.25) is 0 Å². The van der Waals surface area contributed by atoms with E-state index in [1.54, 1.807) is 29.8 Å². The van der Waals surface area contributed by atoms with Gasteiger partial charge in [0.15, 0.2) is 11.6 Å². The molecule has 0 aliphatic rings. The Labute approximate surface area is 168 Å². The summed E-state index contributed by atoms with van der Waals surface area (Å²) >= 11 is 1.51. The lowest BCUT2D eigenvalue weighted by atomic mass is 10.1. The van der Waals surface area contributed by atoms with Gasteiger partial charge in [-0.2, -0.15) is 0 Å². The number of rotatable bonds is 9. The van der Waals surface area contributed by atoms with Crippen molar-refractivity contribution in [3.63, 3.8) is 0 Å². The molecule has 6 heteroatoms. The molecule has 2 aromatic carbocycles. The Morgan fingerprint density at radius 1 is 1.25 bits per heavy atom. The summed E-state index contributed by atoms with van der Waals surface area (Å²) in [6.45, 7) is 2.53. The lowest BCUT2D eigenvalue weighted by molar-refractivity contribution is -0.115. The van der Waals surface area contributed by atoms with Crippen molar-refractivity contribution in [3.8, 4) is 5.75 Å². The van der Waals surface area contributed by atoms with Gasteiger partial charge in [-0.05, 0) is 37.1 Å². The molecule has 0 unspecified atom stereocenters. The minimum atomic E-state index is -0.479. The molecule has 0 saturated carbocycles. The van der Waals surface area contributed by atoms with Crippen LogP contribution >= 0.6 is 11.3 Å². The smallest absolute Gasteiger partial charge is 0.228 e. The molecule has 0 radical (unpaired) electrons. The molecule has 0 fully saturated rings. The third-order valence-electron chi connectivity index (χ3n) is 4.17. The molecule has 1 amide bonds. The molecule has 146 valence electrons. The predicted molar refractivity (Wildman–Crippen MR) is 113 cm³/mol. The monoisotopic (exact) mass is 398 g/mol. The summed E-state index contributed by atoms with van der Waals surface area (Å²) in [7, 11) is 0. The molecule has 1 N–H and O–H groups in total. The minimum Gasteiger partial charge on any atom is -0.490 e. The van der Waals surface area contributed by atoms with E-state index in [1.807, 2.05) is 18.2 Å². The van der Waals surface area contributed by atoms with Gasteiger partial charge in [-0.15, -0.1) is 11.3 Å². The van der Waals surface area contributed by atoms with E-state index in [4.69, 9.17) is 4.74 Å². The van der Waals surface area contributed by atoms with Crippen LogP contribution in [0.5, 0.6) is 5.75 Å². The number of nitrogens with one attached hydrogen (secondary N) is 1. The molecule has 3 rings (SSSR count). The number of unbranched alkanes of at least 4 members (excludes halogenated alkanes) is 1. The molecule has 0 aliphatic carbocycles. The number of carbonyl (C=O) groups is 1. The van der Waals surface area contributed by atoms with E-state index in [0.29, 0.717) is 17.9 Å². The number of thiazole rings is 1. The highest BCUT2D eigenvalue weighted by Crippen LogP contribution is 2.23. The Bertz CT molecular complexity index is 968. The van der Waals surface area contributed by atoms with Crippen LogP contribution in [0.15, 0.2) is 54.1 Å². The van der Waals surface area contributed by atoms with Crippen LogP contribution in [-0.2, 0) is 11.2 Å². The summed E-state index contributed by atoms with van der Waals surface area (Å²) in [5.41, 5.74) is 3.64. The third-order valence-corrected chi connectivity index (χ3v) is 4.97. The number of nitrogens with zero attached hydrogens (tertiary/aromatic N) is 1. The molecule has 0 aliphatic heterocycles. The maximum Gasteiger partial charge on any atom is 0.228 e. The topological polar surface area (TPSA) is 51.2 Å². The van der Waals surface area contributed by atoms with Gasteiger partial charge in [-0.25, -0.2) is 9.37 Å². The van der Waals surface area contributed by atoms with Gasteiger partial charge in [-0.1, -0.05) is 37.6 Å². The summed E-state index contributed by atoms with van der Waals surface area (Å²) < 4.78 is 21.2. The number of benzene rings is 2.